The van der Waals surface area contributed by atoms with E-state index in [4.69, 9.17) is 58.3 Å². The van der Waals surface area contributed by atoms with Crippen molar-refractivity contribution in [2.75, 3.05) is 125 Å². The number of rotatable bonds is 81. The fourth-order valence-corrected chi connectivity index (χ4v) is 12.6. The number of benzene rings is 1. The third-order valence-electron chi connectivity index (χ3n) is 19.8. The first-order valence-corrected chi connectivity index (χ1v) is 47.6. The number of carbonyl (C=O) groups is 26. The fourth-order valence-electron chi connectivity index (χ4n) is 12.6. The average Bonchev–Trinajstić information content (AvgIpc) is 0.858. The second-order valence-electron chi connectivity index (χ2n) is 35.5. The number of aliphatic carboxylic acids is 8. The molecule has 25 N–H and O–H groups in total. The number of esters is 1. The van der Waals surface area contributed by atoms with Gasteiger partial charge in [0.25, 0.3) is 0 Å². The molecule has 1 aromatic rings. The number of nitrogens with one attached hydrogen (secondary N) is 17. The summed E-state index contributed by atoms with van der Waals surface area (Å²) in [7, 11) is 0. The highest BCUT2D eigenvalue weighted by atomic mass is 16.6. The maximum absolute atomic E-state index is 13.8. The number of carboxylic acids is 8. The fraction of sp³-hybridized carbons (Fsp3) is 0.648. The summed E-state index contributed by atoms with van der Waals surface area (Å²) in [5, 5.41) is 114. The number of carboxylic acid groups (broad SMARTS) is 8. The second-order valence-corrected chi connectivity index (χ2v) is 35.5. The van der Waals surface area contributed by atoms with Gasteiger partial charge >= 0.3 is 59.8 Å². The quantitative estimate of drug-likeness (QED) is 0.0213. The molecule has 0 fully saturated rings. The van der Waals surface area contributed by atoms with Crippen LogP contribution in [0.1, 0.15) is 177 Å². The Hall–Kier alpha value is -15.0. The molecule has 842 valence electrons. The number of ether oxygens (including phenoxy) is 8. The van der Waals surface area contributed by atoms with E-state index in [2.05, 4.69) is 90.4 Å². The van der Waals surface area contributed by atoms with Crippen molar-refractivity contribution < 1.29 is 203 Å². The number of hydrogen-bond acceptors (Lipinski definition) is 34. The van der Waals surface area contributed by atoms with Crippen LogP contribution in [0.4, 0.5) is 4.79 Å². The molecule has 0 spiro atoms. The third kappa shape index (κ3) is 67.7. The van der Waals surface area contributed by atoms with Gasteiger partial charge < -0.3 is 169 Å². The molecule has 0 radical (unpaired) electrons. The molecular weight excluding hydrogens is 2000 g/mol. The third-order valence-corrected chi connectivity index (χ3v) is 19.8. The summed E-state index contributed by atoms with van der Waals surface area (Å²) >= 11 is 0. The van der Waals surface area contributed by atoms with E-state index in [0.29, 0.717) is 5.56 Å². The van der Waals surface area contributed by atoms with Crippen LogP contribution in [-0.2, 0) is 164 Å². The Morgan fingerprint density at radius 3 is 0.980 bits per heavy atom. The molecule has 0 heterocycles. The summed E-state index contributed by atoms with van der Waals surface area (Å²) in [6.45, 7) is 7.12. The first-order chi connectivity index (χ1) is 70.5. The summed E-state index contributed by atoms with van der Waals surface area (Å²) in [5.41, 5.74) is -1.21. The molecule has 1 rings (SSSR count). The Balaban J connectivity index is 3.24. The second kappa shape index (κ2) is 74.0. The van der Waals surface area contributed by atoms with Crippen LogP contribution in [-0.4, -0.2) is 392 Å². The molecule has 0 bridgehead atoms. The van der Waals surface area contributed by atoms with Crippen molar-refractivity contribution in [3.05, 3.63) is 35.9 Å². The van der Waals surface area contributed by atoms with E-state index in [1.165, 1.54) is 20.8 Å². The van der Waals surface area contributed by atoms with Crippen LogP contribution in [0.2, 0.25) is 0 Å². The molecule has 0 saturated heterocycles. The number of alkyl carbamates (subject to hydrolysis) is 1. The van der Waals surface area contributed by atoms with Crippen molar-refractivity contribution in [2.45, 2.75) is 249 Å². The molecule has 59 heteroatoms. The van der Waals surface area contributed by atoms with E-state index >= 15 is 0 Å². The minimum Gasteiger partial charge on any atom is -0.481 e. The van der Waals surface area contributed by atoms with Gasteiger partial charge in [0.1, 0.15) is 97.9 Å². The lowest BCUT2D eigenvalue weighted by atomic mass is 10.0. The summed E-state index contributed by atoms with van der Waals surface area (Å²) in [6, 6.07) is -7.24. The van der Waals surface area contributed by atoms with E-state index in [-0.39, 0.29) is 111 Å². The summed E-state index contributed by atoms with van der Waals surface area (Å²) in [4.78, 5) is 329. The molecule has 0 aromatic heterocycles. The van der Waals surface area contributed by atoms with Gasteiger partial charge in [-0.3, -0.25) is 101 Å². The smallest absolute Gasteiger partial charge is 0.408 e. The molecule has 0 saturated carbocycles. The van der Waals surface area contributed by atoms with Crippen LogP contribution in [0.25, 0.3) is 0 Å². The lowest BCUT2D eigenvalue weighted by molar-refractivity contribution is -0.155. The van der Waals surface area contributed by atoms with Crippen molar-refractivity contribution in [3.8, 4) is 0 Å². The van der Waals surface area contributed by atoms with Crippen LogP contribution < -0.4 is 90.4 Å². The maximum atomic E-state index is 13.8. The molecule has 59 nitrogen and oxygen atoms in total. The van der Waals surface area contributed by atoms with Crippen LogP contribution >= 0.6 is 0 Å². The van der Waals surface area contributed by atoms with E-state index < -0.39 is 368 Å². The zero-order chi connectivity index (χ0) is 113. The Kier molecular flexibility index (Phi) is 65.6. The minimum atomic E-state index is -1.78. The van der Waals surface area contributed by atoms with Gasteiger partial charge in [-0.05, 0) is 104 Å². The SMILES string of the molecule is CC(C)CC(NC(=O)C(Cc1ccccc1)NC(=O)CNC(=O)OC(C)(C)C)C(=O)NCC(=O)NCCOCCOCCNC(=O)C(CCC(=O)NCCOCCOCC(=O)NC(CCC(=O)NC(CCC(=O)O)C(=O)O)C(=O)NC(CCC(=O)O)C(=O)O)NC(=O)CCC(=O)NC(CC(=O)NCCOCCOCC(=O)NC(CCC(=O)NC(CCC(=O)O)C(=O)O)C(=O)NC(CCC(=O)O)C(=O)O)C(=O)NCC(=O)OC(C)(C)C. The largest absolute Gasteiger partial charge is 0.481 e. The highest BCUT2D eigenvalue weighted by Gasteiger charge is 2.36. The first kappa shape index (κ1) is 133. The zero-order valence-corrected chi connectivity index (χ0v) is 84.6. The van der Waals surface area contributed by atoms with Gasteiger partial charge in [0.2, 0.25) is 94.5 Å². The summed E-state index contributed by atoms with van der Waals surface area (Å²) in [6.07, 6.45) is -11.3. The van der Waals surface area contributed by atoms with Crippen LogP contribution in [0, 0.1) is 5.92 Å². The molecule has 10 unspecified atom stereocenters. The number of hydrogen-bond donors (Lipinski definition) is 25. The normalized spacial score (nSPS) is 13.1. The maximum Gasteiger partial charge on any atom is 0.408 e. The van der Waals surface area contributed by atoms with Crippen LogP contribution in [0.15, 0.2) is 30.3 Å². The monoisotopic (exact) mass is 2140 g/mol. The molecular formula is C91H141N17O42. The summed E-state index contributed by atoms with van der Waals surface area (Å²) in [5.74, 6) is -27.8. The van der Waals surface area contributed by atoms with E-state index in [1.807, 2.05) is 0 Å². The van der Waals surface area contributed by atoms with Crippen molar-refractivity contribution in [1.29, 1.82) is 0 Å². The Morgan fingerprint density at radius 2 is 0.573 bits per heavy atom. The van der Waals surface area contributed by atoms with E-state index in [1.54, 1.807) is 65.0 Å². The van der Waals surface area contributed by atoms with Gasteiger partial charge in [-0.1, -0.05) is 44.2 Å². The van der Waals surface area contributed by atoms with Crippen molar-refractivity contribution in [1.82, 2.24) is 90.4 Å². The zero-order valence-electron chi connectivity index (χ0n) is 84.6. The van der Waals surface area contributed by atoms with Gasteiger partial charge in [0.15, 0.2) is 0 Å². The molecule has 150 heavy (non-hydrogen) atoms. The molecule has 0 aliphatic rings. The topological polar surface area (TPSA) is 884 Å². The van der Waals surface area contributed by atoms with Crippen molar-refractivity contribution in [3.63, 3.8) is 0 Å². The van der Waals surface area contributed by atoms with E-state index in [0.717, 1.165) is 0 Å². The van der Waals surface area contributed by atoms with E-state index in [9.17, 15) is 145 Å². The molecule has 1 aromatic carbocycles. The van der Waals surface area contributed by atoms with Crippen LogP contribution in [0.3, 0.4) is 0 Å². The standard InChI is InChI=1S/C91H141N17O42/c1-52(2)44-61(108-84(133)62(45-53-12-10-9-11-13-53)105-71(116)48-98-89(142)150-91(6,7)8)80(129)96-47-70(115)94-32-36-143-38-39-146-37-33-95-79(128)54(14-21-64(109)92-30-34-144-40-42-147-50-72(117)100-55(82(131)106-59(87(138)139)19-28-76(123)124)15-22-65(110)102-57(85(134)135)17-26-74(119)120)99-67(112)24-25-68(113)104-63(81(130)97-49-78(127)149-90(3,4)5)46-69(114)93-31-35-145-41-43-148-51-73(118)101-56(83(132)107-60(88(140)141)20-29-77(125)126)16-23-66(111)103-58(86(136)137)18-27-75(121)122/h9-13,52,54-63H,14-51H2,1-8H3,(H,92,109)(H,93,114)(H,94,115)(H,95,128)(H,96,129)(H,97,130)(H,98,142)(H,99,112)(H,100,117)(H,101,118)(H,102,110)(H,103,111)(H,104,113)(H,105,116)(H,106,131)(H,107,132)(H,108,133)(H,119,120)(H,121,122)(H,123,124)(H,125,126)(H,134,135)(H,136,137)(H,138,139)(H,140,141). The molecule has 0 aliphatic heterocycles. The lowest BCUT2D eigenvalue weighted by Crippen LogP contribution is -2.56. The van der Waals surface area contributed by atoms with Crippen molar-refractivity contribution in [2.24, 2.45) is 5.92 Å². The Bertz CT molecular complexity index is 4650. The Morgan fingerprint density at radius 1 is 0.267 bits per heavy atom. The highest BCUT2D eigenvalue weighted by molar-refractivity contribution is 5.98. The number of amides is 17. The van der Waals surface area contributed by atoms with Gasteiger partial charge in [0, 0.05) is 90.4 Å². The predicted molar refractivity (Wildman–Crippen MR) is 512 cm³/mol. The summed E-state index contributed by atoms with van der Waals surface area (Å²) < 4.78 is 43.0. The highest BCUT2D eigenvalue weighted by Crippen LogP contribution is 2.15. The molecule has 10 atom stereocenters. The van der Waals surface area contributed by atoms with Gasteiger partial charge in [0.05, 0.1) is 79.0 Å². The van der Waals surface area contributed by atoms with Crippen LogP contribution in [0.5, 0.6) is 0 Å². The van der Waals surface area contributed by atoms with Crippen molar-refractivity contribution >= 4 is 154 Å². The average molecular weight is 2150 g/mol. The first-order valence-electron chi connectivity index (χ1n) is 47.6. The molecule has 0 aliphatic carbocycles. The van der Waals surface area contributed by atoms with Gasteiger partial charge in [-0.2, -0.15) is 0 Å². The lowest BCUT2D eigenvalue weighted by Gasteiger charge is -2.24. The van der Waals surface area contributed by atoms with Gasteiger partial charge in [-0.15, -0.1) is 0 Å². The number of carbonyl (C=O) groups excluding carboxylic acids is 18. The van der Waals surface area contributed by atoms with Gasteiger partial charge in [-0.25, -0.2) is 24.0 Å². The predicted octanol–water partition coefficient (Wildman–Crippen LogP) is -6.91. The Labute approximate surface area is 860 Å². The molecule has 17 amide bonds. The minimum absolute atomic E-state index is 0.00681.